The van der Waals surface area contributed by atoms with E-state index in [4.69, 9.17) is 5.73 Å². The number of hydrogen-bond donors (Lipinski definition) is 1. The molecule has 0 radical (unpaired) electrons. The average Bonchev–Trinajstić information content (AvgIpc) is 2.39. The number of piperidine rings is 1. The van der Waals surface area contributed by atoms with Crippen molar-refractivity contribution in [1.82, 2.24) is 4.31 Å². The van der Waals surface area contributed by atoms with Gasteiger partial charge in [0.15, 0.2) is 0 Å². The smallest absolute Gasteiger partial charge is 0.216 e. The number of benzene rings is 1. The third-order valence-electron chi connectivity index (χ3n) is 3.68. The Kier molecular flexibility index (Phi) is 4.60. The molecule has 2 atom stereocenters. The first kappa shape index (κ1) is 14.5. The lowest BCUT2D eigenvalue weighted by atomic mass is 10.0. The SMILES string of the molecule is CC(CS(=O)(=O)N1CCCCC1N)c1ccccc1. The minimum absolute atomic E-state index is 0.0136. The third-order valence-corrected chi connectivity index (χ3v) is 5.77. The van der Waals surface area contributed by atoms with Crippen LogP contribution < -0.4 is 5.73 Å². The van der Waals surface area contributed by atoms with E-state index < -0.39 is 10.0 Å². The largest absolute Gasteiger partial charge is 0.315 e. The summed E-state index contributed by atoms with van der Waals surface area (Å²) in [6.07, 6.45) is 2.34. The molecule has 4 nitrogen and oxygen atoms in total. The van der Waals surface area contributed by atoms with Gasteiger partial charge in [-0.2, -0.15) is 4.31 Å². The Hall–Kier alpha value is -0.910. The summed E-state index contributed by atoms with van der Waals surface area (Å²) in [5.41, 5.74) is 6.98. The van der Waals surface area contributed by atoms with Crippen LogP contribution in [0.15, 0.2) is 30.3 Å². The van der Waals surface area contributed by atoms with Gasteiger partial charge in [-0.1, -0.05) is 37.3 Å². The predicted molar refractivity (Wildman–Crippen MR) is 77.2 cm³/mol. The fourth-order valence-electron chi connectivity index (χ4n) is 2.57. The maximum Gasteiger partial charge on any atom is 0.216 e. The van der Waals surface area contributed by atoms with E-state index in [1.165, 1.54) is 4.31 Å². The Morgan fingerprint density at radius 1 is 1.32 bits per heavy atom. The molecule has 106 valence electrons. The fourth-order valence-corrected chi connectivity index (χ4v) is 4.51. The van der Waals surface area contributed by atoms with Gasteiger partial charge in [0.05, 0.1) is 11.9 Å². The van der Waals surface area contributed by atoms with E-state index in [9.17, 15) is 8.42 Å². The summed E-state index contributed by atoms with van der Waals surface area (Å²) in [7, 11) is -3.27. The van der Waals surface area contributed by atoms with E-state index in [2.05, 4.69) is 0 Å². The molecule has 2 unspecified atom stereocenters. The van der Waals surface area contributed by atoms with Gasteiger partial charge >= 0.3 is 0 Å². The Balaban J connectivity index is 2.08. The third kappa shape index (κ3) is 3.55. The quantitative estimate of drug-likeness (QED) is 0.917. The summed E-state index contributed by atoms with van der Waals surface area (Å²) in [6, 6.07) is 9.74. The Morgan fingerprint density at radius 3 is 2.63 bits per heavy atom. The highest BCUT2D eigenvalue weighted by molar-refractivity contribution is 7.89. The summed E-state index contributed by atoms with van der Waals surface area (Å²) in [5, 5.41) is 0. The molecule has 0 aliphatic carbocycles. The molecule has 5 heteroatoms. The van der Waals surface area contributed by atoms with Crippen LogP contribution in [0.2, 0.25) is 0 Å². The molecule has 1 heterocycles. The van der Waals surface area contributed by atoms with Crippen LogP contribution in [-0.2, 0) is 10.0 Å². The van der Waals surface area contributed by atoms with Gasteiger partial charge in [-0.05, 0) is 30.7 Å². The molecule has 1 aliphatic heterocycles. The standard InChI is InChI=1S/C14H22N2O2S/c1-12(13-7-3-2-4-8-13)11-19(17,18)16-10-6-5-9-14(16)15/h2-4,7-8,12,14H,5-6,9-11,15H2,1H3. The molecule has 0 aromatic heterocycles. The van der Waals surface area contributed by atoms with Crippen molar-refractivity contribution in [3.8, 4) is 0 Å². The second-order valence-corrected chi connectivity index (χ2v) is 7.23. The minimum atomic E-state index is -3.27. The molecule has 0 saturated carbocycles. The van der Waals surface area contributed by atoms with Crippen LogP contribution in [0, 0.1) is 0 Å². The van der Waals surface area contributed by atoms with Crippen LogP contribution in [0.4, 0.5) is 0 Å². The van der Waals surface area contributed by atoms with Crippen LogP contribution in [0.3, 0.4) is 0 Å². The van der Waals surface area contributed by atoms with Crippen LogP contribution in [0.5, 0.6) is 0 Å². The molecule has 0 bridgehead atoms. The van der Waals surface area contributed by atoms with E-state index in [1.807, 2.05) is 37.3 Å². The molecule has 19 heavy (non-hydrogen) atoms. The van der Waals surface area contributed by atoms with Gasteiger partial charge in [0, 0.05) is 6.54 Å². The normalized spacial score (nSPS) is 23.2. The highest BCUT2D eigenvalue weighted by atomic mass is 32.2. The zero-order chi connectivity index (χ0) is 13.9. The Bertz CT molecular complexity index is 501. The lowest BCUT2D eigenvalue weighted by molar-refractivity contribution is 0.257. The molecule has 1 aromatic rings. The van der Waals surface area contributed by atoms with E-state index >= 15 is 0 Å². The van der Waals surface area contributed by atoms with Gasteiger partial charge < -0.3 is 5.73 Å². The lowest BCUT2D eigenvalue weighted by Gasteiger charge is -2.32. The summed E-state index contributed by atoms with van der Waals surface area (Å²) >= 11 is 0. The van der Waals surface area contributed by atoms with Crippen molar-refractivity contribution < 1.29 is 8.42 Å². The first-order chi connectivity index (χ1) is 9.00. The van der Waals surface area contributed by atoms with E-state index in [1.54, 1.807) is 0 Å². The first-order valence-corrected chi connectivity index (χ1v) is 8.41. The molecule has 2 N–H and O–H groups in total. The maximum atomic E-state index is 12.4. The highest BCUT2D eigenvalue weighted by Crippen LogP contribution is 2.22. The van der Waals surface area contributed by atoms with Gasteiger partial charge in [-0.15, -0.1) is 0 Å². The van der Waals surface area contributed by atoms with E-state index in [0.717, 1.165) is 24.8 Å². The van der Waals surface area contributed by atoms with Crippen LogP contribution >= 0.6 is 0 Å². The highest BCUT2D eigenvalue weighted by Gasteiger charge is 2.31. The van der Waals surface area contributed by atoms with E-state index in [0.29, 0.717) is 6.54 Å². The Morgan fingerprint density at radius 2 is 2.00 bits per heavy atom. The zero-order valence-electron chi connectivity index (χ0n) is 11.3. The number of hydrogen-bond acceptors (Lipinski definition) is 3. The van der Waals surface area contributed by atoms with Crippen molar-refractivity contribution in [2.24, 2.45) is 5.73 Å². The van der Waals surface area contributed by atoms with Crippen molar-refractivity contribution in [2.45, 2.75) is 38.3 Å². The molecule has 0 amide bonds. The van der Waals surface area contributed by atoms with Crippen LogP contribution in [-0.4, -0.2) is 31.2 Å². The zero-order valence-corrected chi connectivity index (χ0v) is 12.1. The van der Waals surface area contributed by atoms with Gasteiger partial charge in [0.1, 0.15) is 0 Å². The van der Waals surface area contributed by atoms with Crippen molar-refractivity contribution in [1.29, 1.82) is 0 Å². The second kappa shape index (κ2) is 6.03. The summed E-state index contributed by atoms with van der Waals surface area (Å²) in [5.74, 6) is 0.116. The number of rotatable bonds is 4. The Labute approximate surface area is 115 Å². The molecule has 1 fully saturated rings. The van der Waals surface area contributed by atoms with Gasteiger partial charge in [0.25, 0.3) is 0 Å². The predicted octanol–water partition coefficient (Wildman–Crippen LogP) is 1.89. The average molecular weight is 282 g/mol. The second-order valence-electron chi connectivity index (χ2n) is 5.26. The van der Waals surface area contributed by atoms with Crippen molar-refractivity contribution in [3.05, 3.63) is 35.9 Å². The monoisotopic (exact) mass is 282 g/mol. The number of sulfonamides is 1. The molecular weight excluding hydrogens is 260 g/mol. The summed E-state index contributed by atoms with van der Waals surface area (Å²) < 4.78 is 26.3. The first-order valence-electron chi connectivity index (χ1n) is 6.81. The van der Waals surface area contributed by atoms with E-state index in [-0.39, 0.29) is 17.8 Å². The fraction of sp³-hybridized carbons (Fsp3) is 0.571. The molecule has 1 aliphatic rings. The van der Waals surface area contributed by atoms with Crippen LogP contribution in [0.25, 0.3) is 0 Å². The van der Waals surface area contributed by atoms with Crippen LogP contribution in [0.1, 0.15) is 37.7 Å². The lowest BCUT2D eigenvalue weighted by Crippen LogP contribution is -2.49. The molecule has 1 saturated heterocycles. The van der Waals surface area contributed by atoms with Crippen molar-refractivity contribution in [3.63, 3.8) is 0 Å². The van der Waals surface area contributed by atoms with Gasteiger partial charge in [-0.3, -0.25) is 0 Å². The van der Waals surface area contributed by atoms with Crippen molar-refractivity contribution >= 4 is 10.0 Å². The molecular formula is C14H22N2O2S. The minimum Gasteiger partial charge on any atom is -0.315 e. The number of nitrogens with two attached hydrogens (primary N) is 1. The van der Waals surface area contributed by atoms with Crippen molar-refractivity contribution in [2.75, 3.05) is 12.3 Å². The summed E-state index contributed by atoms with van der Waals surface area (Å²) in [4.78, 5) is 0. The summed E-state index contributed by atoms with van der Waals surface area (Å²) in [6.45, 7) is 2.51. The molecule has 2 rings (SSSR count). The maximum absolute atomic E-state index is 12.4. The topological polar surface area (TPSA) is 63.4 Å². The van der Waals surface area contributed by atoms with Gasteiger partial charge in [0.2, 0.25) is 10.0 Å². The molecule has 0 spiro atoms. The van der Waals surface area contributed by atoms with Gasteiger partial charge in [-0.25, -0.2) is 8.42 Å². The molecule has 1 aromatic carbocycles. The number of nitrogens with zero attached hydrogens (tertiary/aromatic N) is 1.